The number of imidazole rings is 1. The highest BCUT2D eigenvalue weighted by molar-refractivity contribution is 5.94. The molecule has 148 valence electrons. The number of hydrogen-bond acceptors (Lipinski definition) is 7. The highest BCUT2D eigenvalue weighted by atomic mass is 16.6. The van der Waals surface area contributed by atoms with Crippen LogP contribution in [0.25, 0.3) is 5.82 Å². The minimum absolute atomic E-state index is 0.0317. The predicted octanol–water partition coefficient (Wildman–Crippen LogP) is 2.11. The van der Waals surface area contributed by atoms with Gasteiger partial charge in [-0.1, -0.05) is 0 Å². The molecule has 0 saturated carbocycles. The van der Waals surface area contributed by atoms with Crippen molar-refractivity contribution in [2.45, 2.75) is 6.92 Å². The van der Waals surface area contributed by atoms with Crippen molar-refractivity contribution in [2.75, 3.05) is 30.3 Å². The summed E-state index contributed by atoms with van der Waals surface area (Å²) in [7, 11) is 0. The van der Waals surface area contributed by atoms with Gasteiger partial charge in [-0.2, -0.15) is 0 Å². The van der Waals surface area contributed by atoms with Crippen molar-refractivity contribution in [3.63, 3.8) is 0 Å². The Kier molecular flexibility index (Phi) is 5.06. The molecule has 2 amide bonds. The molecule has 4 rings (SSSR count). The van der Waals surface area contributed by atoms with Crippen molar-refractivity contribution in [1.82, 2.24) is 24.4 Å². The van der Waals surface area contributed by atoms with Crippen LogP contribution in [0.2, 0.25) is 0 Å². The maximum absolute atomic E-state index is 12.1. The number of nitrogens with one attached hydrogen (secondary N) is 2. The van der Waals surface area contributed by atoms with Crippen molar-refractivity contribution in [1.29, 1.82) is 0 Å². The van der Waals surface area contributed by atoms with Gasteiger partial charge in [0.1, 0.15) is 36.9 Å². The van der Waals surface area contributed by atoms with Gasteiger partial charge >= 0.3 is 6.09 Å². The van der Waals surface area contributed by atoms with Gasteiger partial charge in [0.05, 0.1) is 6.54 Å². The largest absolute Gasteiger partial charge is 0.448 e. The molecule has 3 aromatic rings. The average Bonchev–Trinajstić information content (AvgIpc) is 3.35. The van der Waals surface area contributed by atoms with Gasteiger partial charge in [0.15, 0.2) is 0 Å². The molecule has 0 aliphatic carbocycles. The third-order valence-corrected chi connectivity index (χ3v) is 4.21. The van der Waals surface area contributed by atoms with Crippen LogP contribution in [0.15, 0.2) is 49.1 Å². The normalized spacial score (nSPS) is 13.3. The van der Waals surface area contributed by atoms with Crippen LogP contribution in [0.1, 0.15) is 5.82 Å². The fourth-order valence-corrected chi connectivity index (χ4v) is 2.87. The minimum atomic E-state index is -0.463. The third kappa shape index (κ3) is 4.49. The van der Waals surface area contributed by atoms with Crippen molar-refractivity contribution in [3.05, 3.63) is 54.9 Å². The zero-order chi connectivity index (χ0) is 20.2. The highest BCUT2D eigenvalue weighted by Crippen LogP contribution is 2.19. The van der Waals surface area contributed by atoms with Gasteiger partial charge in [-0.25, -0.2) is 19.7 Å². The zero-order valence-electron chi connectivity index (χ0n) is 15.7. The molecule has 1 saturated heterocycles. The van der Waals surface area contributed by atoms with E-state index in [1.165, 1.54) is 4.90 Å². The van der Waals surface area contributed by atoms with E-state index < -0.39 is 6.09 Å². The van der Waals surface area contributed by atoms with Crippen LogP contribution in [0.5, 0.6) is 0 Å². The molecule has 0 radical (unpaired) electrons. The summed E-state index contributed by atoms with van der Waals surface area (Å²) in [6.45, 7) is 2.53. The predicted molar refractivity (Wildman–Crippen MR) is 105 cm³/mol. The Morgan fingerprint density at radius 3 is 2.69 bits per heavy atom. The molecule has 0 unspecified atom stereocenters. The van der Waals surface area contributed by atoms with Gasteiger partial charge in [0, 0.05) is 29.8 Å². The van der Waals surface area contributed by atoms with Crippen LogP contribution in [0, 0.1) is 6.92 Å². The van der Waals surface area contributed by atoms with Crippen LogP contribution in [-0.2, 0) is 9.53 Å². The lowest BCUT2D eigenvalue weighted by Crippen LogP contribution is -2.33. The molecule has 29 heavy (non-hydrogen) atoms. The van der Waals surface area contributed by atoms with Gasteiger partial charge in [-0.3, -0.25) is 14.3 Å². The molecular weight excluding hydrogens is 374 g/mol. The van der Waals surface area contributed by atoms with Crippen molar-refractivity contribution in [2.24, 2.45) is 0 Å². The fraction of sp³-hybridized carbons (Fsp3) is 0.211. The maximum atomic E-state index is 12.1. The first-order chi connectivity index (χ1) is 14.1. The van der Waals surface area contributed by atoms with Crippen LogP contribution in [-0.4, -0.2) is 56.1 Å². The van der Waals surface area contributed by atoms with E-state index in [9.17, 15) is 9.59 Å². The number of nitrogens with zero attached hydrogens (tertiary/aromatic N) is 5. The summed E-state index contributed by atoms with van der Waals surface area (Å²) >= 11 is 0. The van der Waals surface area contributed by atoms with Gasteiger partial charge in [0.2, 0.25) is 5.91 Å². The zero-order valence-corrected chi connectivity index (χ0v) is 15.7. The average molecular weight is 393 g/mol. The summed E-state index contributed by atoms with van der Waals surface area (Å²) in [5.41, 5.74) is 1.44. The smallest absolute Gasteiger partial charge is 0.410 e. The minimum Gasteiger partial charge on any atom is -0.448 e. The molecule has 2 aromatic heterocycles. The van der Waals surface area contributed by atoms with Crippen molar-refractivity contribution < 1.29 is 14.3 Å². The number of ether oxygens (including phenoxy) is 1. The third-order valence-electron chi connectivity index (χ3n) is 4.21. The Balaban J connectivity index is 1.39. The van der Waals surface area contributed by atoms with E-state index in [0.29, 0.717) is 36.3 Å². The lowest BCUT2D eigenvalue weighted by molar-refractivity contribution is -0.116. The van der Waals surface area contributed by atoms with E-state index >= 15 is 0 Å². The fourth-order valence-electron chi connectivity index (χ4n) is 2.87. The Labute approximate surface area is 166 Å². The molecule has 10 heteroatoms. The maximum Gasteiger partial charge on any atom is 0.410 e. The lowest BCUT2D eigenvalue weighted by atomic mass is 10.2. The molecule has 1 fully saturated rings. The number of aryl methyl sites for hydroxylation is 1. The van der Waals surface area contributed by atoms with E-state index in [1.54, 1.807) is 29.2 Å². The molecule has 1 aliphatic heterocycles. The Bertz CT molecular complexity index is 1020. The second-order valence-corrected chi connectivity index (χ2v) is 6.42. The number of amides is 2. The SMILES string of the molecule is Cc1nc(Nc2ccc(NC(=O)CN3CCOC3=O)cc2)cc(-n2ccnc2)n1. The number of cyclic esters (lactones) is 1. The van der Waals surface area contributed by atoms with E-state index in [-0.39, 0.29) is 12.5 Å². The summed E-state index contributed by atoms with van der Waals surface area (Å²) in [4.78, 5) is 37.7. The summed E-state index contributed by atoms with van der Waals surface area (Å²) in [6.07, 6.45) is 4.70. The molecule has 1 aromatic carbocycles. The van der Waals surface area contributed by atoms with Crippen molar-refractivity contribution >= 4 is 29.2 Å². The van der Waals surface area contributed by atoms with Crippen molar-refractivity contribution in [3.8, 4) is 5.82 Å². The van der Waals surface area contributed by atoms with Crippen LogP contribution < -0.4 is 10.6 Å². The van der Waals surface area contributed by atoms with E-state index in [1.807, 2.05) is 31.3 Å². The standard InChI is InChI=1S/C19H19N7O3/c1-13-21-16(10-17(22-13)26-7-6-20-12-26)23-14-2-4-15(5-3-14)24-18(27)11-25-8-9-29-19(25)28/h2-7,10,12H,8-9,11H2,1H3,(H,24,27)(H,21,22,23). The second kappa shape index (κ2) is 7.97. The Morgan fingerprint density at radius 2 is 2.00 bits per heavy atom. The summed E-state index contributed by atoms with van der Waals surface area (Å²) < 4.78 is 6.61. The summed E-state index contributed by atoms with van der Waals surface area (Å²) in [6, 6.07) is 9.02. The molecule has 0 atom stereocenters. The number of benzene rings is 1. The Hall–Kier alpha value is -3.95. The first kappa shape index (κ1) is 18.4. The second-order valence-electron chi connectivity index (χ2n) is 6.42. The summed E-state index contributed by atoms with van der Waals surface area (Å²) in [5, 5.41) is 5.99. The quantitative estimate of drug-likeness (QED) is 0.659. The molecule has 10 nitrogen and oxygen atoms in total. The van der Waals surface area contributed by atoms with E-state index in [2.05, 4.69) is 25.6 Å². The van der Waals surface area contributed by atoms with Gasteiger partial charge in [-0.15, -0.1) is 0 Å². The van der Waals surface area contributed by atoms with E-state index in [4.69, 9.17) is 4.74 Å². The molecule has 3 heterocycles. The highest BCUT2D eigenvalue weighted by Gasteiger charge is 2.24. The first-order valence-electron chi connectivity index (χ1n) is 8.99. The Morgan fingerprint density at radius 1 is 1.21 bits per heavy atom. The van der Waals surface area contributed by atoms with Crippen LogP contribution in [0.4, 0.5) is 22.0 Å². The van der Waals surface area contributed by atoms with Gasteiger partial charge in [0.25, 0.3) is 0 Å². The van der Waals surface area contributed by atoms with Crippen LogP contribution >= 0.6 is 0 Å². The van der Waals surface area contributed by atoms with Gasteiger partial charge < -0.3 is 15.4 Å². The first-order valence-corrected chi connectivity index (χ1v) is 8.99. The van der Waals surface area contributed by atoms with Gasteiger partial charge in [-0.05, 0) is 31.2 Å². The molecule has 1 aliphatic rings. The number of rotatable bonds is 6. The molecular formula is C19H19N7O3. The summed E-state index contributed by atoms with van der Waals surface area (Å²) in [5.74, 6) is 1.70. The molecule has 2 N–H and O–H groups in total. The monoisotopic (exact) mass is 393 g/mol. The van der Waals surface area contributed by atoms with Crippen LogP contribution in [0.3, 0.4) is 0 Å². The topological polar surface area (TPSA) is 114 Å². The number of anilines is 3. The lowest BCUT2D eigenvalue weighted by Gasteiger charge is -2.13. The van der Waals surface area contributed by atoms with E-state index in [0.717, 1.165) is 5.69 Å². The number of aromatic nitrogens is 4. The number of carbonyl (C=O) groups excluding carboxylic acids is 2. The molecule has 0 spiro atoms. The number of carbonyl (C=O) groups is 2. The number of hydrogen-bond donors (Lipinski definition) is 2. The molecule has 0 bridgehead atoms.